The Morgan fingerprint density at radius 2 is 1.88 bits per heavy atom. The second-order valence-corrected chi connectivity index (χ2v) is 5.04. The smallest absolute Gasteiger partial charge is 0.239 e. The molecular formula is C14H17Cl2N5O3. The van der Waals surface area contributed by atoms with Gasteiger partial charge in [-0.3, -0.25) is 9.59 Å². The van der Waals surface area contributed by atoms with Gasteiger partial charge in [0.25, 0.3) is 0 Å². The van der Waals surface area contributed by atoms with Gasteiger partial charge in [0.1, 0.15) is 0 Å². The first-order valence-corrected chi connectivity index (χ1v) is 7.28. The molecule has 0 atom stereocenters. The maximum absolute atomic E-state index is 11.5. The van der Waals surface area contributed by atoms with Crippen LogP contribution in [0.1, 0.15) is 5.89 Å². The largest absolute Gasteiger partial charge is 0.354 e. The molecular weight excluding hydrogens is 357 g/mol. The van der Waals surface area contributed by atoms with E-state index in [-0.39, 0.29) is 37.3 Å². The molecule has 1 aromatic carbocycles. The van der Waals surface area contributed by atoms with Gasteiger partial charge >= 0.3 is 0 Å². The molecule has 0 aliphatic rings. The summed E-state index contributed by atoms with van der Waals surface area (Å²) in [5.41, 5.74) is 5.90. The molecule has 0 aliphatic carbocycles. The molecule has 8 nitrogen and oxygen atoms in total. The quantitative estimate of drug-likeness (QED) is 0.650. The van der Waals surface area contributed by atoms with Crippen molar-refractivity contribution in [2.24, 2.45) is 5.73 Å². The fourth-order valence-corrected chi connectivity index (χ4v) is 1.82. The highest BCUT2D eigenvalue weighted by atomic mass is 35.5. The van der Waals surface area contributed by atoms with Gasteiger partial charge in [0.05, 0.1) is 13.1 Å². The number of hydrogen-bond donors (Lipinski definition) is 3. The van der Waals surface area contributed by atoms with Crippen LogP contribution in [0.4, 0.5) is 0 Å². The molecule has 0 radical (unpaired) electrons. The van der Waals surface area contributed by atoms with Crippen LogP contribution in [-0.4, -0.2) is 41.6 Å². The van der Waals surface area contributed by atoms with E-state index in [0.29, 0.717) is 29.7 Å². The highest BCUT2D eigenvalue weighted by molar-refractivity contribution is 6.30. The van der Waals surface area contributed by atoms with Crippen molar-refractivity contribution in [1.29, 1.82) is 0 Å². The van der Waals surface area contributed by atoms with Crippen LogP contribution in [0, 0.1) is 0 Å². The van der Waals surface area contributed by atoms with Crippen LogP contribution in [-0.2, 0) is 16.0 Å². The Hall–Kier alpha value is -2.16. The molecule has 130 valence electrons. The topological polar surface area (TPSA) is 123 Å². The second-order valence-electron chi connectivity index (χ2n) is 4.60. The van der Waals surface area contributed by atoms with Crippen molar-refractivity contribution in [3.05, 3.63) is 35.2 Å². The van der Waals surface area contributed by atoms with Gasteiger partial charge < -0.3 is 20.9 Å². The second kappa shape index (κ2) is 9.86. The highest BCUT2D eigenvalue weighted by Crippen LogP contribution is 2.18. The molecule has 0 unspecified atom stereocenters. The van der Waals surface area contributed by atoms with Gasteiger partial charge in [0.15, 0.2) is 0 Å². The molecule has 0 fully saturated rings. The maximum Gasteiger partial charge on any atom is 0.239 e. The molecule has 0 aliphatic heterocycles. The van der Waals surface area contributed by atoms with E-state index < -0.39 is 0 Å². The zero-order chi connectivity index (χ0) is 16.7. The third kappa shape index (κ3) is 6.15. The third-order valence-corrected chi connectivity index (χ3v) is 3.12. The summed E-state index contributed by atoms with van der Waals surface area (Å²) >= 11 is 5.82. The van der Waals surface area contributed by atoms with Crippen LogP contribution in [0.2, 0.25) is 5.02 Å². The fourth-order valence-electron chi connectivity index (χ4n) is 1.70. The minimum atomic E-state index is -0.385. The monoisotopic (exact) mass is 373 g/mol. The summed E-state index contributed by atoms with van der Waals surface area (Å²) in [4.78, 5) is 26.6. The number of nitrogens with two attached hydrogens (primary N) is 1. The van der Waals surface area contributed by atoms with Crippen molar-refractivity contribution >= 4 is 35.8 Å². The van der Waals surface area contributed by atoms with Gasteiger partial charge in [0.2, 0.25) is 23.5 Å². The predicted octanol–water partition coefficient (Wildman–Crippen LogP) is 0.545. The van der Waals surface area contributed by atoms with Crippen molar-refractivity contribution in [3.8, 4) is 11.4 Å². The molecule has 0 bridgehead atoms. The van der Waals surface area contributed by atoms with Crippen LogP contribution in [0.5, 0.6) is 0 Å². The van der Waals surface area contributed by atoms with Crippen molar-refractivity contribution in [1.82, 2.24) is 20.8 Å². The average molecular weight is 374 g/mol. The summed E-state index contributed by atoms with van der Waals surface area (Å²) in [7, 11) is 0. The molecule has 2 amide bonds. The lowest BCUT2D eigenvalue weighted by Crippen LogP contribution is -2.40. The van der Waals surface area contributed by atoms with Crippen molar-refractivity contribution in [2.45, 2.75) is 6.42 Å². The Labute approximate surface area is 149 Å². The summed E-state index contributed by atoms with van der Waals surface area (Å²) in [6.07, 6.45) is 0.386. The molecule has 0 saturated carbocycles. The van der Waals surface area contributed by atoms with Gasteiger partial charge in [-0.05, 0) is 24.3 Å². The number of nitrogens with zero attached hydrogens (tertiary/aromatic N) is 2. The number of rotatable bonds is 7. The molecule has 2 aromatic rings. The van der Waals surface area contributed by atoms with Gasteiger partial charge in [-0.1, -0.05) is 16.8 Å². The number of aromatic nitrogens is 2. The van der Waals surface area contributed by atoms with E-state index in [0.717, 1.165) is 5.56 Å². The first-order chi connectivity index (χ1) is 11.1. The summed E-state index contributed by atoms with van der Waals surface area (Å²) in [5.74, 6) is 0.161. The van der Waals surface area contributed by atoms with E-state index >= 15 is 0 Å². The minimum absolute atomic E-state index is 0. The number of carbonyl (C=O) groups is 2. The summed E-state index contributed by atoms with van der Waals surface area (Å²) in [5, 5.41) is 9.50. The third-order valence-electron chi connectivity index (χ3n) is 2.86. The summed E-state index contributed by atoms with van der Waals surface area (Å²) in [6, 6.07) is 7.06. The van der Waals surface area contributed by atoms with E-state index in [1.54, 1.807) is 24.3 Å². The Morgan fingerprint density at radius 1 is 1.17 bits per heavy atom. The summed E-state index contributed by atoms with van der Waals surface area (Å²) in [6.45, 7) is 0.0538. The van der Waals surface area contributed by atoms with Gasteiger partial charge in [-0.2, -0.15) is 4.98 Å². The number of carbonyl (C=O) groups excluding carboxylic acids is 2. The molecule has 24 heavy (non-hydrogen) atoms. The van der Waals surface area contributed by atoms with Crippen LogP contribution in [0.15, 0.2) is 28.8 Å². The minimum Gasteiger partial charge on any atom is -0.354 e. The normalized spacial score (nSPS) is 9.92. The van der Waals surface area contributed by atoms with Crippen LogP contribution < -0.4 is 16.4 Å². The number of amides is 2. The Bertz CT molecular complexity index is 675. The number of halogens is 2. The number of nitrogens with one attached hydrogen (secondary N) is 2. The molecule has 0 spiro atoms. The summed E-state index contributed by atoms with van der Waals surface area (Å²) < 4.78 is 5.12. The first-order valence-electron chi connectivity index (χ1n) is 6.90. The lowest BCUT2D eigenvalue weighted by atomic mass is 10.2. The molecule has 0 saturated heterocycles. The van der Waals surface area contributed by atoms with Crippen LogP contribution >= 0.6 is 24.0 Å². The maximum atomic E-state index is 11.5. The average Bonchev–Trinajstić information content (AvgIpc) is 3.02. The van der Waals surface area contributed by atoms with Gasteiger partial charge in [-0.15, -0.1) is 12.4 Å². The molecule has 1 heterocycles. The predicted molar refractivity (Wildman–Crippen MR) is 90.8 cm³/mol. The van der Waals surface area contributed by atoms with Crippen LogP contribution in [0.3, 0.4) is 0 Å². The van der Waals surface area contributed by atoms with E-state index in [4.69, 9.17) is 21.9 Å². The Morgan fingerprint density at radius 3 is 2.54 bits per heavy atom. The zero-order valence-electron chi connectivity index (χ0n) is 12.6. The van der Waals surface area contributed by atoms with E-state index in [1.165, 1.54) is 0 Å². The zero-order valence-corrected chi connectivity index (χ0v) is 14.2. The molecule has 4 N–H and O–H groups in total. The number of hydrogen-bond acceptors (Lipinski definition) is 6. The van der Waals surface area contributed by atoms with Crippen LogP contribution in [0.25, 0.3) is 11.4 Å². The SMILES string of the molecule is Cl.NCC(=O)NCC(=O)NCCc1nc(-c2ccc(Cl)cc2)no1. The molecule has 2 rings (SSSR count). The standard InChI is InChI=1S/C14H16ClN5O3.ClH/c15-10-3-1-9(2-4-10)14-19-13(23-20-14)5-6-17-12(22)8-18-11(21)7-16;/h1-4H,5-8,16H2,(H,17,22)(H,18,21);1H. The van der Waals surface area contributed by atoms with E-state index in [2.05, 4.69) is 20.8 Å². The highest BCUT2D eigenvalue weighted by Gasteiger charge is 2.09. The molecule has 1 aromatic heterocycles. The Balaban J connectivity index is 0.00000288. The van der Waals surface area contributed by atoms with E-state index in [9.17, 15) is 9.59 Å². The lowest BCUT2D eigenvalue weighted by Gasteiger charge is -2.04. The Kier molecular flexibility index (Phi) is 8.17. The fraction of sp³-hybridized carbons (Fsp3) is 0.286. The van der Waals surface area contributed by atoms with Crippen molar-refractivity contribution < 1.29 is 14.1 Å². The van der Waals surface area contributed by atoms with Gasteiger partial charge in [0, 0.05) is 23.6 Å². The number of benzene rings is 1. The van der Waals surface area contributed by atoms with Gasteiger partial charge in [-0.25, -0.2) is 0 Å². The first kappa shape index (κ1) is 19.9. The molecule has 10 heteroatoms. The lowest BCUT2D eigenvalue weighted by molar-refractivity contribution is -0.125. The van der Waals surface area contributed by atoms with Crippen molar-refractivity contribution in [3.63, 3.8) is 0 Å². The van der Waals surface area contributed by atoms with E-state index in [1.807, 2.05) is 0 Å². The van der Waals surface area contributed by atoms with Crippen molar-refractivity contribution in [2.75, 3.05) is 19.6 Å².